The van der Waals surface area contributed by atoms with Crippen molar-refractivity contribution in [2.24, 2.45) is 45.8 Å². The number of carbonyl (C=O) groups is 1. The maximum absolute atomic E-state index is 13.3. The number of rotatable bonds is 3. The van der Waals surface area contributed by atoms with E-state index in [0.29, 0.717) is 34.5 Å². The zero-order valence-corrected chi connectivity index (χ0v) is 20.5. The van der Waals surface area contributed by atoms with Crippen LogP contribution >= 0.6 is 0 Å². The fourth-order valence-corrected chi connectivity index (χ4v) is 10.5. The standard InChI is InChI=1S/C27H37F3N2O2/c1-16-25-9-6-18-19-4-5-21(22(33)14-32-13-17(12-31-32)27(28,29)30)24(19,3)8-7-20(18)26(16,25)11-10-23(2,34)15-25/h12-13,16,18-21,34H,4-11,14-15H2,1-3H3/t16?,18-,19-,20-,21+,23+,24-,25+,26-/m0/s1. The Hall–Kier alpha value is -1.37. The van der Waals surface area contributed by atoms with E-state index in [4.69, 9.17) is 0 Å². The summed E-state index contributed by atoms with van der Waals surface area (Å²) >= 11 is 0. The molecule has 1 N–H and O–H groups in total. The molecule has 0 bridgehead atoms. The van der Waals surface area contributed by atoms with Gasteiger partial charge in [-0.3, -0.25) is 9.48 Å². The highest BCUT2D eigenvalue weighted by molar-refractivity contribution is 5.82. The maximum atomic E-state index is 13.3. The topological polar surface area (TPSA) is 55.1 Å². The van der Waals surface area contributed by atoms with Gasteiger partial charge in [0.1, 0.15) is 0 Å². The van der Waals surface area contributed by atoms with E-state index in [1.165, 1.54) is 17.5 Å². The first-order valence-corrected chi connectivity index (χ1v) is 13.2. The fraction of sp³-hybridized carbons (Fsp3) is 0.852. The summed E-state index contributed by atoms with van der Waals surface area (Å²) in [5, 5.41) is 14.7. The molecule has 34 heavy (non-hydrogen) atoms. The number of hydrogen-bond donors (Lipinski definition) is 1. The fourth-order valence-electron chi connectivity index (χ4n) is 10.5. The maximum Gasteiger partial charge on any atom is 0.419 e. The number of carbonyl (C=O) groups excluding carboxylic acids is 1. The number of hydrogen-bond acceptors (Lipinski definition) is 3. The van der Waals surface area contributed by atoms with E-state index in [-0.39, 0.29) is 23.7 Å². The summed E-state index contributed by atoms with van der Waals surface area (Å²) < 4.78 is 40.0. The van der Waals surface area contributed by atoms with E-state index in [1.807, 2.05) is 6.92 Å². The molecule has 5 aliphatic rings. The van der Waals surface area contributed by atoms with Gasteiger partial charge in [0.05, 0.1) is 23.9 Å². The number of fused-ring (bicyclic) bond motifs is 3. The molecule has 5 aliphatic carbocycles. The Bertz CT molecular complexity index is 1020. The first-order valence-electron chi connectivity index (χ1n) is 13.2. The van der Waals surface area contributed by atoms with Crippen LogP contribution in [0.15, 0.2) is 12.4 Å². The lowest BCUT2D eigenvalue weighted by Crippen LogP contribution is -2.51. The van der Waals surface area contributed by atoms with E-state index < -0.39 is 17.3 Å². The van der Waals surface area contributed by atoms with Gasteiger partial charge in [-0.25, -0.2) is 0 Å². The molecule has 0 saturated heterocycles. The summed E-state index contributed by atoms with van der Waals surface area (Å²) in [5.74, 6) is 2.47. The molecule has 0 aliphatic heterocycles. The summed E-state index contributed by atoms with van der Waals surface area (Å²) in [6.45, 7) is 6.66. The minimum absolute atomic E-state index is 0.0390. The Balaban J connectivity index is 1.21. The molecular weight excluding hydrogens is 441 g/mol. The van der Waals surface area contributed by atoms with Gasteiger partial charge in [0.15, 0.2) is 5.78 Å². The highest BCUT2D eigenvalue weighted by atomic mass is 19.4. The summed E-state index contributed by atoms with van der Waals surface area (Å²) in [7, 11) is 0. The third-order valence-electron chi connectivity index (χ3n) is 11.9. The second kappa shape index (κ2) is 6.89. The SMILES string of the molecule is CC1[C@]23CC[C@H]4[C@@H]5CC[C@H](C(=O)Cn6cc(C(F)(F)F)cn6)[C@@]5(C)CC[C@@H]4[C@]12CC[C@@](C)(O)C3. The van der Waals surface area contributed by atoms with Crippen molar-refractivity contribution in [2.75, 3.05) is 0 Å². The average Bonchev–Trinajstić information content (AvgIpc) is 3.10. The zero-order chi connectivity index (χ0) is 24.3. The van der Waals surface area contributed by atoms with Crippen molar-refractivity contribution >= 4 is 5.78 Å². The number of aliphatic hydroxyl groups is 1. The first kappa shape index (κ1) is 23.1. The van der Waals surface area contributed by atoms with Gasteiger partial charge < -0.3 is 5.11 Å². The monoisotopic (exact) mass is 478 g/mol. The minimum Gasteiger partial charge on any atom is -0.390 e. The third-order valence-corrected chi connectivity index (χ3v) is 11.9. The molecule has 7 heteroatoms. The van der Waals surface area contributed by atoms with E-state index >= 15 is 0 Å². The van der Waals surface area contributed by atoms with Gasteiger partial charge >= 0.3 is 6.18 Å². The van der Waals surface area contributed by atoms with Gasteiger partial charge in [-0.05, 0) is 105 Å². The van der Waals surface area contributed by atoms with Crippen LogP contribution in [-0.4, -0.2) is 26.3 Å². The van der Waals surface area contributed by atoms with Gasteiger partial charge in [0.25, 0.3) is 0 Å². The highest BCUT2D eigenvalue weighted by Crippen LogP contribution is 2.86. The quantitative estimate of drug-likeness (QED) is 0.590. The second-order valence-electron chi connectivity index (χ2n) is 13.1. The van der Waals surface area contributed by atoms with Crippen molar-refractivity contribution in [1.29, 1.82) is 0 Å². The molecule has 0 amide bonds. The lowest BCUT2D eigenvalue weighted by Gasteiger charge is -2.56. The number of aromatic nitrogens is 2. The molecule has 9 atom stereocenters. The molecule has 5 fully saturated rings. The smallest absolute Gasteiger partial charge is 0.390 e. The molecule has 4 nitrogen and oxygen atoms in total. The van der Waals surface area contributed by atoms with Crippen LogP contribution in [0.3, 0.4) is 0 Å². The Morgan fingerprint density at radius 3 is 2.59 bits per heavy atom. The molecular formula is C27H37F3N2O2. The van der Waals surface area contributed by atoms with Crippen molar-refractivity contribution in [1.82, 2.24) is 9.78 Å². The first-order chi connectivity index (χ1) is 15.8. The average molecular weight is 479 g/mol. The van der Waals surface area contributed by atoms with Crippen molar-refractivity contribution in [3.8, 4) is 0 Å². The van der Waals surface area contributed by atoms with Crippen LogP contribution in [0, 0.1) is 45.8 Å². The number of nitrogens with zero attached hydrogens (tertiary/aromatic N) is 2. The van der Waals surface area contributed by atoms with Gasteiger partial charge in [-0.15, -0.1) is 0 Å². The molecule has 5 saturated carbocycles. The molecule has 0 aromatic carbocycles. The molecule has 6 rings (SSSR count). The van der Waals surface area contributed by atoms with Crippen LogP contribution in [-0.2, 0) is 17.5 Å². The van der Waals surface area contributed by atoms with Gasteiger partial charge in [-0.1, -0.05) is 13.8 Å². The minimum atomic E-state index is -4.44. The van der Waals surface area contributed by atoms with Crippen LogP contribution in [0.25, 0.3) is 0 Å². The zero-order valence-electron chi connectivity index (χ0n) is 20.5. The summed E-state index contributed by atoms with van der Waals surface area (Å²) in [5.41, 5.74) is -0.703. The lowest BCUT2D eigenvalue weighted by molar-refractivity contribution is -0.138. The van der Waals surface area contributed by atoms with Crippen LogP contribution in [0.5, 0.6) is 0 Å². The largest absolute Gasteiger partial charge is 0.419 e. The van der Waals surface area contributed by atoms with Crippen LogP contribution in [0.1, 0.15) is 84.1 Å². The summed E-state index contributed by atoms with van der Waals surface area (Å²) in [6.07, 6.45) is 6.77. The van der Waals surface area contributed by atoms with Crippen molar-refractivity contribution in [3.63, 3.8) is 0 Å². The van der Waals surface area contributed by atoms with Crippen LogP contribution in [0.2, 0.25) is 0 Å². The Morgan fingerprint density at radius 1 is 1.12 bits per heavy atom. The van der Waals surface area contributed by atoms with Crippen molar-refractivity contribution < 1.29 is 23.1 Å². The molecule has 1 aromatic heterocycles. The van der Waals surface area contributed by atoms with E-state index in [1.54, 1.807) is 0 Å². The number of alkyl halides is 3. The molecule has 1 unspecified atom stereocenters. The van der Waals surface area contributed by atoms with E-state index in [2.05, 4.69) is 18.9 Å². The lowest BCUT2D eigenvalue weighted by atomic mass is 9.48. The van der Waals surface area contributed by atoms with E-state index in [9.17, 15) is 23.1 Å². The van der Waals surface area contributed by atoms with Crippen molar-refractivity contribution in [3.05, 3.63) is 18.0 Å². The van der Waals surface area contributed by atoms with Gasteiger partial charge in [0.2, 0.25) is 0 Å². The molecule has 1 aromatic rings. The number of halogens is 3. The van der Waals surface area contributed by atoms with E-state index in [0.717, 1.165) is 57.3 Å². The normalized spacial score (nSPS) is 49.6. The Morgan fingerprint density at radius 2 is 1.88 bits per heavy atom. The van der Waals surface area contributed by atoms with Crippen molar-refractivity contribution in [2.45, 2.75) is 96.9 Å². The highest BCUT2D eigenvalue weighted by Gasteiger charge is 2.81. The summed E-state index contributed by atoms with van der Waals surface area (Å²) in [6, 6.07) is 0. The summed E-state index contributed by atoms with van der Waals surface area (Å²) in [4.78, 5) is 13.3. The Labute approximate surface area is 199 Å². The molecule has 188 valence electrons. The third kappa shape index (κ3) is 2.88. The molecule has 1 heterocycles. The van der Waals surface area contributed by atoms with Crippen LogP contribution < -0.4 is 0 Å². The number of ketones is 1. The van der Waals surface area contributed by atoms with Crippen LogP contribution in [0.4, 0.5) is 13.2 Å². The van der Waals surface area contributed by atoms with Gasteiger partial charge in [-0.2, -0.15) is 18.3 Å². The predicted molar refractivity (Wildman–Crippen MR) is 121 cm³/mol. The predicted octanol–water partition coefficient (Wildman–Crippen LogP) is 5.88. The molecule has 0 radical (unpaired) electrons. The molecule has 0 spiro atoms. The number of Topliss-reactive ketones (excluding diaryl/α,β-unsaturated/α-hetero) is 1. The van der Waals surface area contributed by atoms with Gasteiger partial charge in [0, 0.05) is 12.1 Å². The second-order valence-corrected chi connectivity index (χ2v) is 13.1. The Kier molecular flexibility index (Phi) is 4.67.